The average molecular weight is 371 g/mol. The fourth-order valence-corrected chi connectivity index (χ4v) is 3.77. The number of nitrogens with zero attached hydrogens (tertiary/aromatic N) is 1. The topological polar surface area (TPSA) is 47.2 Å². The van der Waals surface area contributed by atoms with Gasteiger partial charge >= 0.3 is 0 Å². The number of halogens is 1. The summed E-state index contributed by atoms with van der Waals surface area (Å²) in [5.41, 5.74) is 2.00. The molecule has 0 aliphatic rings. The van der Waals surface area contributed by atoms with Crippen molar-refractivity contribution in [3.63, 3.8) is 0 Å². The molecule has 0 bridgehead atoms. The highest BCUT2D eigenvalue weighted by atomic mass is 35.5. The smallest absolute Gasteiger partial charge is 0.240 e. The van der Waals surface area contributed by atoms with Crippen LogP contribution in [0.2, 0.25) is 5.02 Å². The number of nitrogens with one attached hydrogen (secondary N) is 1. The molecule has 1 N–H and O–H groups in total. The van der Waals surface area contributed by atoms with Crippen molar-refractivity contribution < 1.29 is 9.21 Å². The number of fused-ring (bicyclic) bond motifs is 1. The van der Waals surface area contributed by atoms with E-state index in [4.69, 9.17) is 16.0 Å². The molecule has 3 aromatic heterocycles. The van der Waals surface area contributed by atoms with Crippen molar-refractivity contribution in [3.8, 4) is 10.6 Å². The summed E-state index contributed by atoms with van der Waals surface area (Å²) in [6, 6.07) is 15.5. The third-order valence-electron chi connectivity index (χ3n) is 3.98. The standard InChI is InChI=1S/C19H15ClN2O2S/c20-14-5-6-16-13(9-14)10-17(18-4-2-8-25-18)22(16)12-19(23)21-11-15-3-1-7-24-15/h1-10H,11-12H2,(H,21,23). The fourth-order valence-electron chi connectivity index (χ4n) is 2.84. The van der Waals surface area contributed by atoms with Gasteiger partial charge in [0.1, 0.15) is 12.3 Å². The predicted octanol–water partition coefficient (Wildman–Crippen LogP) is 4.93. The Morgan fingerprint density at radius 2 is 2.12 bits per heavy atom. The Morgan fingerprint density at radius 1 is 1.20 bits per heavy atom. The van der Waals surface area contributed by atoms with Gasteiger partial charge in [0.25, 0.3) is 0 Å². The highest BCUT2D eigenvalue weighted by Gasteiger charge is 2.14. The molecule has 0 fully saturated rings. The molecule has 0 saturated heterocycles. The third-order valence-corrected chi connectivity index (χ3v) is 5.11. The molecule has 0 spiro atoms. The molecule has 0 atom stereocenters. The van der Waals surface area contributed by atoms with E-state index in [1.807, 2.05) is 40.3 Å². The Balaban J connectivity index is 1.65. The van der Waals surface area contributed by atoms with E-state index in [0.717, 1.165) is 27.2 Å². The minimum Gasteiger partial charge on any atom is -0.467 e. The molecule has 1 aromatic carbocycles. The van der Waals surface area contributed by atoms with Crippen LogP contribution in [-0.2, 0) is 17.9 Å². The second-order valence-corrected chi connectivity index (χ2v) is 7.04. The lowest BCUT2D eigenvalue weighted by Crippen LogP contribution is -2.27. The second-order valence-electron chi connectivity index (χ2n) is 5.65. The van der Waals surface area contributed by atoms with Gasteiger partial charge < -0.3 is 14.3 Å². The van der Waals surface area contributed by atoms with Crippen molar-refractivity contribution in [2.75, 3.05) is 0 Å². The van der Waals surface area contributed by atoms with Crippen LogP contribution in [0.3, 0.4) is 0 Å². The highest BCUT2D eigenvalue weighted by Crippen LogP contribution is 2.32. The maximum Gasteiger partial charge on any atom is 0.240 e. The lowest BCUT2D eigenvalue weighted by Gasteiger charge is -2.10. The minimum atomic E-state index is -0.0679. The first-order valence-electron chi connectivity index (χ1n) is 7.82. The van der Waals surface area contributed by atoms with Gasteiger partial charge in [0.05, 0.1) is 23.4 Å². The van der Waals surface area contributed by atoms with Gasteiger partial charge in [-0.2, -0.15) is 0 Å². The Labute approximate surface area is 153 Å². The largest absolute Gasteiger partial charge is 0.467 e. The second kappa shape index (κ2) is 6.78. The van der Waals surface area contributed by atoms with Crippen molar-refractivity contribution in [2.24, 2.45) is 0 Å². The number of furan rings is 1. The lowest BCUT2D eigenvalue weighted by molar-refractivity contribution is -0.121. The van der Waals surface area contributed by atoms with Crippen LogP contribution in [0.15, 0.2) is 64.6 Å². The molecule has 4 rings (SSSR count). The first kappa shape index (κ1) is 16.0. The van der Waals surface area contributed by atoms with E-state index < -0.39 is 0 Å². The molecular formula is C19H15ClN2O2S. The number of carbonyl (C=O) groups is 1. The monoisotopic (exact) mass is 370 g/mol. The molecule has 0 radical (unpaired) electrons. The summed E-state index contributed by atoms with van der Waals surface area (Å²) >= 11 is 7.77. The average Bonchev–Trinajstić information content (AvgIpc) is 3.34. The molecule has 0 aliphatic heterocycles. The number of hydrogen-bond donors (Lipinski definition) is 1. The minimum absolute atomic E-state index is 0.0679. The van der Waals surface area contributed by atoms with E-state index >= 15 is 0 Å². The number of amides is 1. The van der Waals surface area contributed by atoms with Gasteiger partial charge in [0.15, 0.2) is 0 Å². The third kappa shape index (κ3) is 3.34. The van der Waals surface area contributed by atoms with Gasteiger partial charge in [-0.15, -0.1) is 11.3 Å². The normalized spacial score (nSPS) is 11.1. The number of benzene rings is 1. The van der Waals surface area contributed by atoms with Crippen molar-refractivity contribution >= 4 is 39.7 Å². The van der Waals surface area contributed by atoms with Gasteiger partial charge in [-0.05, 0) is 47.8 Å². The molecule has 4 aromatic rings. The molecule has 0 saturated carbocycles. The van der Waals surface area contributed by atoms with Crippen molar-refractivity contribution in [3.05, 3.63) is 71.0 Å². The quantitative estimate of drug-likeness (QED) is 0.541. The lowest BCUT2D eigenvalue weighted by atomic mass is 10.2. The number of hydrogen-bond acceptors (Lipinski definition) is 3. The van der Waals surface area contributed by atoms with E-state index in [-0.39, 0.29) is 12.5 Å². The van der Waals surface area contributed by atoms with Crippen molar-refractivity contribution in [2.45, 2.75) is 13.1 Å². The summed E-state index contributed by atoms with van der Waals surface area (Å²) in [4.78, 5) is 13.6. The van der Waals surface area contributed by atoms with Gasteiger partial charge in [-0.25, -0.2) is 0 Å². The summed E-state index contributed by atoms with van der Waals surface area (Å²) in [7, 11) is 0. The van der Waals surface area contributed by atoms with Gasteiger partial charge in [-0.3, -0.25) is 4.79 Å². The van der Waals surface area contributed by atoms with Crippen LogP contribution in [0.25, 0.3) is 21.5 Å². The van der Waals surface area contributed by atoms with Gasteiger partial charge in [-0.1, -0.05) is 17.7 Å². The van der Waals surface area contributed by atoms with Crippen molar-refractivity contribution in [1.82, 2.24) is 9.88 Å². The van der Waals surface area contributed by atoms with E-state index in [0.29, 0.717) is 11.6 Å². The Bertz CT molecular complexity index is 1000. The fraction of sp³-hybridized carbons (Fsp3) is 0.105. The van der Waals surface area contributed by atoms with Crippen LogP contribution in [0, 0.1) is 0 Å². The van der Waals surface area contributed by atoms with Crippen molar-refractivity contribution in [1.29, 1.82) is 0 Å². The molecule has 4 nitrogen and oxygen atoms in total. The van der Waals surface area contributed by atoms with Gasteiger partial charge in [0.2, 0.25) is 5.91 Å². The number of carbonyl (C=O) groups excluding carboxylic acids is 1. The van der Waals surface area contributed by atoms with Crippen LogP contribution in [-0.4, -0.2) is 10.5 Å². The highest BCUT2D eigenvalue weighted by molar-refractivity contribution is 7.13. The van der Waals surface area contributed by atoms with Crippen LogP contribution < -0.4 is 5.32 Å². The zero-order valence-corrected chi connectivity index (χ0v) is 14.8. The summed E-state index contributed by atoms with van der Waals surface area (Å²) in [6.07, 6.45) is 1.60. The molecular weight excluding hydrogens is 356 g/mol. The van der Waals surface area contributed by atoms with Gasteiger partial charge in [0, 0.05) is 15.9 Å². The van der Waals surface area contributed by atoms with E-state index in [2.05, 4.69) is 17.4 Å². The molecule has 0 unspecified atom stereocenters. The summed E-state index contributed by atoms with van der Waals surface area (Å²) in [6.45, 7) is 0.615. The van der Waals surface area contributed by atoms with Crippen LogP contribution in [0.1, 0.15) is 5.76 Å². The molecule has 1 amide bonds. The Kier molecular flexibility index (Phi) is 4.34. The van der Waals surface area contributed by atoms with Crippen LogP contribution in [0.5, 0.6) is 0 Å². The Morgan fingerprint density at radius 3 is 2.88 bits per heavy atom. The molecule has 0 aliphatic carbocycles. The molecule has 25 heavy (non-hydrogen) atoms. The maximum absolute atomic E-state index is 12.4. The zero-order chi connectivity index (χ0) is 17.2. The van der Waals surface area contributed by atoms with E-state index in [1.54, 1.807) is 23.7 Å². The number of aromatic nitrogens is 1. The van der Waals surface area contributed by atoms with E-state index in [1.165, 1.54) is 0 Å². The van der Waals surface area contributed by atoms with Crippen LogP contribution in [0.4, 0.5) is 0 Å². The SMILES string of the molecule is O=C(Cn1c(-c2cccs2)cc2cc(Cl)ccc21)NCc1ccco1. The Hall–Kier alpha value is -2.50. The predicted molar refractivity (Wildman–Crippen MR) is 101 cm³/mol. The number of rotatable bonds is 5. The summed E-state index contributed by atoms with van der Waals surface area (Å²) in [5.74, 6) is 0.664. The molecule has 126 valence electrons. The molecule has 6 heteroatoms. The first-order valence-corrected chi connectivity index (χ1v) is 9.08. The molecule has 3 heterocycles. The van der Waals surface area contributed by atoms with Crippen LogP contribution >= 0.6 is 22.9 Å². The zero-order valence-electron chi connectivity index (χ0n) is 13.2. The summed E-state index contributed by atoms with van der Waals surface area (Å²) in [5, 5.41) is 6.63. The summed E-state index contributed by atoms with van der Waals surface area (Å²) < 4.78 is 7.27. The first-order chi connectivity index (χ1) is 12.2. The maximum atomic E-state index is 12.4. The number of thiophene rings is 1. The van der Waals surface area contributed by atoms with E-state index in [9.17, 15) is 4.79 Å².